The third-order valence-corrected chi connectivity index (χ3v) is 5.05. The summed E-state index contributed by atoms with van der Waals surface area (Å²) in [5.74, 6) is 1.06. The van der Waals surface area contributed by atoms with Crippen LogP contribution in [0.1, 0.15) is 32.5 Å². The van der Waals surface area contributed by atoms with Crippen molar-refractivity contribution in [1.29, 1.82) is 0 Å². The molecule has 0 saturated carbocycles. The maximum atomic E-state index is 12.7. The molecule has 3 aromatic rings. The normalized spacial score (nSPS) is 11.9. The molecular formula is C21H17NO5S. The molecule has 0 aliphatic carbocycles. The van der Waals surface area contributed by atoms with Crippen LogP contribution in [0.4, 0.5) is 5.69 Å². The van der Waals surface area contributed by atoms with Crippen molar-refractivity contribution in [3.8, 4) is 17.2 Å². The van der Waals surface area contributed by atoms with Crippen LogP contribution in [0.25, 0.3) is 0 Å². The van der Waals surface area contributed by atoms with E-state index in [1.54, 1.807) is 47.7 Å². The number of hydrogen-bond donors (Lipinski definition) is 1. The second-order valence-electron chi connectivity index (χ2n) is 6.16. The highest BCUT2D eigenvalue weighted by atomic mass is 32.1. The van der Waals surface area contributed by atoms with Crippen LogP contribution in [0, 0.1) is 0 Å². The van der Waals surface area contributed by atoms with Crippen molar-refractivity contribution >= 4 is 28.7 Å². The summed E-state index contributed by atoms with van der Waals surface area (Å²) in [6, 6.07) is 14.1. The first-order chi connectivity index (χ1) is 13.6. The number of hydrogen-bond acceptors (Lipinski definition) is 6. The van der Waals surface area contributed by atoms with Gasteiger partial charge in [-0.3, -0.25) is 9.59 Å². The minimum absolute atomic E-state index is 0.0910. The van der Waals surface area contributed by atoms with Crippen LogP contribution in [0.2, 0.25) is 0 Å². The van der Waals surface area contributed by atoms with E-state index in [0.29, 0.717) is 40.7 Å². The Labute approximate surface area is 165 Å². The van der Waals surface area contributed by atoms with Gasteiger partial charge in [0.05, 0.1) is 5.69 Å². The SMILES string of the molecule is CC(=O)c1cc2c(cc1NC(=O)c1cccc(OCc3cccs3)c1)OCO2. The van der Waals surface area contributed by atoms with Gasteiger partial charge in [-0.05, 0) is 42.6 Å². The minimum Gasteiger partial charge on any atom is -0.488 e. The van der Waals surface area contributed by atoms with Crippen molar-refractivity contribution in [1.82, 2.24) is 0 Å². The van der Waals surface area contributed by atoms with Crippen molar-refractivity contribution in [2.75, 3.05) is 12.1 Å². The fourth-order valence-corrected chi connectivity index (χ4v) is 3.42. The quantitative estimate of drug-likeness (QED) is 0.622. The molecule has 1 amide bonds. The average molecular weight is 395 g/mol. The van der Waals surface area contributed by atoms with Gasteiger partial charge in [0, 0.05) is 22.1 Å². The van der Waals surface area contributed by atoms with Crippen molar-refractivity contribution in [2.24, 2.45) is 0 Å². The van der Waals surface area contributed by atoms with Crippen LogP contribution in [-0.4, -0.2) is 18.5 Å². The maximum absolute atomic E-state index is 12.7. The monoisotopic (exact) mass is 395 g/mol. The van der Waals surface area contributed by atoms with Crippen LogP contribution in [0.5, 0.6) is 17.2 Å². The molecule has 6 nitrogen and oxygen atoms in total. The summed E-state index contributed by atoms with van der Waals surface area (Å²) in [4.78, 5) is 25.8. The molecule has 4 rings (SSSR count). The Morgan fingerprint density at radius 3 is 2.68 bits per heavy atom. The van der Waals surface area contributed by atoms with E-state index in [1.165, 1.54) is 6.92 Å². The molecule has 0 saturated heterocycles. The number of ether oxygens (including phenoxy) is 3. The number of thiophene rings is 1. The standard InChI is InChI=1S/C21H17NO5S/c1-13(23)17-9-19-20(27-12-26-19)10-18(17)22-21(24)14-4-2-5-15(8-14)25-11-16-6-3-7-28-16/h2-10H,11-12H2,1H3,(H,22,24). The van der Waals surface area contributed by atoms with Crippen LogP contribution in [0.15, 0.2) is 53.9 Å². The third-order valence-electron chi connectivity index (χ3n) is 4.20. The lowest BCUT2D eigenvalue weighted by atomic mass is 10.1. The van der Waals surface area contributed by atoms with E-state index in [1.807, 2.05) is 17.5 Å². The molecule has 1 N–H and O–H groups in total. The van der Waals surface area contributed by atoms with E-state index in [2.05, 4.69) is 5.32 Å². The molecule has 0 bridgehead atoms. The summed E-state index contributed by atoms with van der Waals surface area (Å²) in [5, 5.41) is 4.77. The summed E-state index contributed by atoms with van der Waals surface area (Å²) < 4.78 is 16.4. The van der Waals surface area contributed by atoms with Crippen molar-refractivity contribution < 1.29 is 23.8 Å². The number of ketones is 1. The molecule has 0 radical (unpaired) electrons. The van der Waals surface area contributed by atoms with Gasteiger partial charge < -0.3 is 19.5 Å². The zero-order valence-electron chi connectivity index (χ0n) is 15.1. The van der Waals surface area contributed by atoms with Gasteiger partial charge in [0.15, 0.2) is 17.3 Å². The molecule has 28 heavy (non-hydrogen) atoms. The predicted molar refractivity (Wildman–Crippen MR) is 106 cm³/mol. The highest BCUT2D eigenvalue weighted by Crippen LogP contribution is 2.37. The number of fused-ring (bicyclic) bond motifs is 1. The zero-order chi connectivity index (χ0) is 19.5. The highest BCUT2D eigenvalue weighted by Gasteiger charge is 2.21. The van der Waals surface area contributed by atoms with Gasteiger partial charge in [0.25, 0.3) is 5.91 Å². The van der Waals surface area contributed by atoms with E-state index in [4.69, 9.17) is 14.2 Å². The largest absolute Gasteiger partial charge is 0.488 e. The van der Waals surface area contributed by atoms with Crippen LogP contribution in [0.3, 0.4) is 0 Å². The number of rotatable bonds is 6. The van der Waals surface area contributed by atoms with Gasteiger partial charge in [0.1, 0.15) is 12.4 Å². The molecule has 1 aliphatic heterocycles. The first-order valence-corrected chi connectivity index (χ1v) is 9.49. The van der Waals surface area contributed by atoms with Crippen LogP contribution in [-0.2, 0) is 6.61 Å². The second kappa shape index (κ2) is 7.74. The Morgan fingerprint density at radius 1 is 1.11 bits per heavy atom. The number of carbonyl (C=O) groups excluding carboxylic acids is 2. The predicted octanol–water partition coefficient (Wildman–Crippen LogP) is 4.51. The first-order valence-electron chi connectivity index (χ1n) is 8.61. The maximum Gasteiger partial charge on any atom is 0.255 e. The van der Waals surface area contributed by atoms with E-state index < -0.39 is 0 Å². The molecular weight excluding hydrogens is 378 g/mol. The molecule has 1 aromatic heterocycles. The van der Waals surface area contributed by atoms with Gasteiger partial charge in [-0.1, -0.05) is 12.1 Å². The summed E-state index contributed by atoms with van der Waals surface area (Å²) in [6.07, 6.45) is 0. The summed E-state index contributed by atoms with van der Waals surface area (Å²) in [6.45, 7) is 1.97. The van der Waals surface area contributed by atoms with Gasteiger partial charge in [-0.25, -0.2) is 0 Å². The fourth-order valence-electron chi connectivity index (χ4n) is 2.81. The summed E-state index contributed by atoms with van der Waals surface area (Å²) >= 11 is 1.61. The lowest BCUT2D eigenvalue weighted by Crippen LogP contribution is -2.14. The Bertz CT molecular complexity index is 1030. The van der Waals surface area contributed by atoms with E-state index in [-0.39, 0.29) is 18.5 Å². The number of carbonyl (C=O) groups is 2. The van der Waals surface area contributed by atoms with E-state index >= 15 is 0 Å². The van der Waals surface area contributed by atoms with Gasteiger partial charge >= 0.3 is 0 Å². The van der Waals surface area contributed by atoms with E-state index in [9.17, 15) is 9.59 Å². The Hall–Kier alpha value is -3.32. The molecule has 2 heterocycles. The minimum atomic E-state index is -0.345. The van der Waals surface area contributed by atoms with Gasteiger partial charge in [-0.2, -0.15) is 0 Å². The Balaban J connectivity index is 1.52. The van der Waals surface area contributed by atoms with E-state index in [0.717, 1.165) is 4.88 Å². The van der Waals surface area contributed by atoms with Gasteiger partial charge in [-0.15, -0.1) is 11.3 Å². The topological polar surface area (TPSA) is 73.9 Å². The molecule has 0 fully saturated rings. The zero-order valence-corrected chi connectivity index (χ0v) is 15.9. The van der Waals surface area contributed by atoms with Crippen molar-refractivity contribution in [3.63, 3.8) is 0 Å². The number of benzene rings is 2. The number of Topliss-reactive ketones (excluding diaryl/α,β-unsaturated/α-hetero) is 1. The second-order valence-corrected chi connectivity index (χ2v) is 7.19. The number of nitrogens with one attached hydrogen (secondary N) is 1. The molecule has 1 aliphatic rings. The lowest BCUT2D eigenvalue weighted by Gasteiger charge is -2.11. The Morgan fingerprint density at radius 2 is 1.93 bits per heavy atom. The molecule has 0 spiro atoms. The van der Waals surface area contributed by atoms with Crippen LogP contribution >= 0.6 is 11.3 Å². The molecule has 2 aromatic carbocycles. The lowest BCUT2D eigenvalue weighted by molar-refractivity contribution is 0.101. The highest BCUT2D eigenvalue weighted by molar-refractivity contribution is 7.09. The third kappa shape index (κ3) is 3.84. The molecule has 142 valence electrons. The molecule has 0 atom stereocenters. The van der Waals surface area contributed by atoms with Crippen molar-refractivity contribution in [2.45, 2.75) is 13.5 Å². The first kappa shape index (κ1) is 18.1. The number of anilines is 1. The smallest absolute Gasteiger partial charge is 0.255 e. The van der Waals surface area contributed by atoms with Crippen LogP contribution < -0.4 is 19.5 Å². The fraction of sp³-hybridized carbons (Fsp3) is 0.143. The molecule has 7 heteroatoms. The average Bonchev–Trinajstić information content (AvgIpc) is 3.37. The van der Waals surface area contributed by atoms with Crippen molar-refractivity contribution in [3.05, 3.63) is 69.9 Å². The molecule has 0 unspecified atom stereocenters. The Kier molecular flexibility index (Phi) is 4.99. The summed E-state index contributed by atoms with van der Waals surface area (Å²) in [5.41, 5.74) is 1.17. The van der Waals surface area contributed by atoms with Gasteiger partial charge in [0.2, 0.25) is 6.79 Å². The summed E-state index contributed by atoms with van der Waals surface area (Å²) in [7, 11) is 0. The number of amides is 1.